The Morgan fingerprint density at radius 2 is 2.04 bits per heavy atom. The molecule has 2 aromatic rings. The summed E-state index contributed by atoms with van der Waals surface area (Å²) in [5.41, 5.74) is 3.56. The van der Waals surface area contributed by atoms with Crippen molar-refractivity contribution in [1.82, 2.24) is 0 Å². The van der Waals surface area contributed by atoms with Gasteiger partial charge in [0.05, 0.1) is 18.6 Å². The lowest BCUT2D eigenvalue weighted by Gasteiger charge is -2.28. The fourth-order valence-electron chi connectivity index (χ4n) is 3.19. The number of nitrogens with zero attached hydrogens (tertiary/aromatic N) is 1. The SMILES string of the molecule is CCN1C(=O)CCc2cc(NC(=O)Cc3ccc(OC)c(Cl)c3)ccc21. The molecule has 2 aromatic carbocycles. The molecular formula is C20H21ClN2O3. The number of amides is 2. The smallest absolute Gasteiger partial charge is 0.228 e. The highest BCUT2D eigenvalue weighted by Crippen LogP contribution is 2.30. The third-order valence-corrected chi connectivity index (χ3v) is 4.76. The number of ether oxygens (including phenoxy) is 1. The molecule has 0 bridgehead atoms. The standard InChI is InChI=1S/C20H21ClN2O3/c1-3-23-17-7-6-15(12-14(17)5-9-20(23)25)22-19(24)11-13-4-8-18(26-2)16(21)10-13/h4,6-8,10,12H,3,5,9,11H2,1-2H3,(H,22,24). The first-order valence-corrected chi connectivity index (χ1v) is 8.95. The molecule has 0 aromatic heterocycles. The zero-order valence-electron chi connectivity index (χ0n) is 14.8. The van der Waals surface area contributed by atoms with Gasteiger partial charge in [-0.15, -0.1) is 0 Å². The molecule has 0 saturated carbocycles. The Morgan fingerprint density at radius 3 is 2.73 bits per heavy atom. The predicted molar refractivity (Wildman–Crippen MR) is 103 cm³/mol. The van der Waals surface area contributed by atoms with E-state index in [1.165, 1.54) is 0 Å². The molecule has 1 N–H and O–H groups in total. The molecule has 0 aliphatic carbocycles. The number of carbonyl (C=O) groups is 2. The highest BCUT2D eigenvalue weighted by atomic mass is 35.5. The van der Waals surface area contributed by atoms with Gasteiger partial charge in [0.2, 0.25) is 11.8 Å². The van der Waals surface area contributed by atoms with E-state index in [2.05, 4.69) is 5.32 Å². The first-order chi connectivity index (χ1) is 12.5. The van der Waals surface area contributed by atoms with Crippen LogP contribution >= 0.6 is 11.6 Å². The fourth-order valence-corrected chi connectivity index (χ4v) is 3.48. The minimum absolute atomic E-state index is 0.120. The van der Waals surface area contributed by atoms with Gasteiger partial charge in [-0.2, -0.15) is 0 Å². The number of methoxy groups -OCH3 is 1. The quantitative estimate of drug-likeness (QED) is 0.867. The Hall–Kier alpha value is -2.53. The van der Waals surface area contributed by atoms with Crippen LogP contribution in [0.4, 0.5) is 11.4 Å². The molecule has 1 heterocycles. The van der Waals surface area contributed by atoms with E-state index in [-0.39, 0.29) is 18.2 Å². The molecule has 5 nitrogen and oxygen atoms in total. The normalized spacial score (nSPS) is 13.3. The van der Waals surface area contributed by atoms with Gasteiger partial charge < -0.3 is 15.0 Å². The van der Waals surface area contributed by atoms with Gasteiger partial charge in [-0.1, -0.05) is 17.7 Å². The highest BCUT2D eigenvalue weighted by molar-refractivity contribution is 6.32. The van der Waals surface area contributed by atoms with Gasteiger partial charge in [-0.05, 0) is 54.8 Å². The molecule has 0 saturated heterocycles. The van der Waals surface area contributed by atoms with Crippen LogP contribution in [0.5, 0.6) is 5.75 Å². The van der Waals surface area contributed by atoms with Crippen LogP contribution in [0.25, 0.3) is 0 Å². The van der Waals surface area contributed by atoms with Crippen LogP contribution in [0, 0.1) is 0 Å². The van der Waals surface area contributed by atoms with E-state index >= 15 is 0 Å². The molecule has 0 radical (unpaired) electrons. The molecule has 6 heteroatoms. The lowest BCUT2D eigenvalue weighted by atomic mass is 10.0. The Kier molecular flexibility index (Phi) is 5.47. The number of halogens is 1. The van der Waals surface area contributed by atoms with Crippen LogP contribution in [0.3, 0.4) is 0 Å². The number of hydrogen-bond acceptors (Lipinski definition) is 3. The van der Waals surface area contributed by atoms with Gasteiger partial charge in [0.15, 0.2) is 0 Å². The monoisotopic (exact) mass is 372 g/mol. The summed E-state index contributed by atoms with van der Waals surface area (Å²) in [6.07, 6.45) is 1.42. The average Bonchev–Trinajstić information content (AvgIpc) is 2.62. The van der Waals surface area contributed by atoms with E-state index in [4.69, 9.17) is 16.3 Å². The molecule has 2 amide bonds. The molecule has 3 rings (SSSR count). The molecule has 1 aliphatic heterocycles. The summed E-state index contributed by atoms with van der Waals surface area (Å²) in [6, 6.07) is 11.0. The van der Waals surface area contributed by atoms with E-state index in [1.807, 2.05) is 31.2 Å². The number of fused-ring (bicyclic) bond motifs is 1. The third-order valence-electron chi connectivity index (χ3n) is 4.46. The second kappa shape index (κ2) is 7.79. The van der Waals surface area contributed by atoms with Gasteiger partial charge in [0, 0.05) is 24.3 Å². The molecule has 1 aliphatic rings. The molecule has 0 fully saturated rings. The lowest BCUT2D eigenvalue weighted by molar-refractivity contribution is -0.119. The van der Waals surface area contributed by atoms with Crippen LogP contribution in [-0.4, -0.2) is 25.5 Å². The number of carbonyl (C=O) groups excluding carboxylic acids is 2. The molecular weight excluding hydrogens is 352 g/mol. The average molecular weight is 373 g/mol. The van der Waals surface area contributed by atoms with Gasteiger partial charge in [0.25, 0.3) is 0 Å². The molecule has 136 valence electrons. The number of anilines is 2. The maximum atomic E-state index is 12.3. The van der Waals surface area contributed by atoms with Gasteiger partial charge in [-0.3, -0.25) is 9.59 Å². The van der Waals surface area contributed by atoms with Crippen molar-refractivity contribution in [1.29, 1.82) is 0 Å². The topological polar surface area (TPSA) is 58.6 Å². The van der Waals surface area contributed by atoms with Crippen LogP contribution in [0.15, 0.2) is 36.4 Å². The molecule has 0 unspecified atom stereocenters. The number of nitrogens with one attached hydrogen (secondary N) is 1. The second-order valence-corrected chi connectivity index (χ2v) is 6.58. The van der Waals surface area contributed by atoms with Crippen LogP contribution in [0.2, 0.25) is 5.02 Å². The number of hydrogen-bond donors (Lipinski definition) is 1. The van der Waals surface area contributed by atoms with Gasteiger partial charge in [-0.25, -0.2) is 0 Å². The summed E-state index contributed by atoms with van der Waals surface area (Å²) < 4.78 is 5.12. The number of benzene rings is 2. The summed E-state index contributed by atoms with van der Waals surface area (Å²) in [6.45, 7) is 2.61. The van der Waals surface area contributed by atoms with Crippen molar-refractivity contribution in [3.05, 3.63) is 52.5 Å². The van der Waals surface area contributed by atoms with Crippen LogP contribution in [-0.2, 0) is 22.4 Å². The van der Waals surface area contributed by atoms with E-state index in [0.29, 0.717) is 30.2 Å². The van der Waals surface area contributed by atoms with Gasteiger partial charge in [0.1, 0.15) is 5.75 Å². The minimum Gasteiger partial charge on any atom is -0.495 e. The molecule has 26 heavy (non-hydrogen) atoms. The van der Waals surface area contributed by atoms with Crippen molar-refractivity contribution < 1.29 is 14.3 Å². The summed E-state index contributed by atoms with van der Waals surface area (Å²) in [7, 11) is 1.55. The van der Waals surface area contributed by atoms with E-state index in [0.717, 1.165) is 22.5 Å². The second-order valence-electron chi connectivity index (χ2n) is 6.18. The number of rotatable bonds is 5. The Balaban J connectivity index is 1.70. The Labute approximate surface area is 157 Å². The van der Waals surface area contributed by atoms with Crippen molar-refractivity contribution in [2.24, 2.45) is 0 Å². The zero-order chi connectivity index (χ0) is 18.7. The van der Waals surface area contributed by atoms with Crippen LogP contribution in [0.1, 0.15) is 24.5 Å². The summed E-state index contributed by atoms with van der Waals surface area (Å²) in [5, 5.41) is 3.40. The third kappa shape index (κ3) is 3.83. The maximum absolute atomic E-state index is 12.3. The molecule has 0 spiro atoms. The highest BCUT2D eigenvalue weighted by Gasteiger charge is 2.23. The van der Waals surface area contributed by atoms with Crippen molar-refractivity contribution in [2.45, 2.75) is 26.2 Å². The number of aryl methyl sites for hydroxylation is 1. The van der Waals surface area contributed by atoms with E-state index in [9.17, 15) is 9.59 Å². The fraction of sp³-hybridized carbons (Fsp3) is 0.300. The lowest BCUT2D eigenvalue weighted by Crippen LogP contribution is -2.34. The zero-order valence-corrected chi connectivity index (χ0v) is 15.6. The largest absolute Gasteiger partial charge is 0.495 e. The van der Waals surface area contributed by atoms with Crippen molar-refractivity contribution >= 4 is 34.8 Å². The molecule has 0 atom stereocenters. The van der Waals surface area contributed by atoms with Gasteiger partial charge >= 0.3 is 0 Å². The predicted octanol–water partition coefficient (Wildman–Crippen LogP) is 3.83. The van der Waals surface area contributed by atoms with E-state index < -0.39 is 0 Å². The van der Waals surface area contributed by atoms with Crippen LogP contribution < -0.4 is 15.0 Å². The van der Waals surface area contributed by atoms with Crippen molar-refractivity contribution in [3.63, 3.8) is 0 Å². The maximum Gasteiger partial charge on any atom is 0.228 e. The first-order valence-electron chi connectivity index (χ1n) is 8.57. The Bertz CT molecular complexity index is 851. The minimum atomic E-state index is -0.120. The van der Waals surface area contributed by atoms with E-state index in [1.54, 1.807) is 24.1 Å². The summed E-state index contributed by atoms with van der Waals surface area (Å²) >= 11 is 6.10. The van der Waals surface area contributed by atoms with Crippen molar-refractivity contribution in [2.75, 3.05) is 23.9 Å². The summed E-state index contributed by atoms with van der Waals surface area (Å²) in [4.78, 5) is 26.1. The van der Waals surface area contributed by atoms with Crippen molar-refractivity contribution in [3.8, 4) is 5.75 Å². The summed E-state index contributed by atoms with van der Waals surface area (Å²) in [5.74, 6) is 0.610. The Morgan fingerprint density at radius 1 is 1.23 bits per heavy atom. The first kappa shape index (κ1) is 18.3.